The van der Waals surface area contributed by atoms with Crippen LogP contribution in [0.2, 0.25) is 5.02 Å². The summed E-state index contributed by atoms with van der Waals surface area (Å²) in [5, 5.41) is 8.04. The van der Waals surface area contributed by atoms with Gasteiger partial charge in [-0.05, 0) is 18.2 Å². The summed E-state index contributed by atoms with van der Waals surface area (Å²) in [6, 6.07) is 2.27. The van der Waals surface area contributed by atoms with Crippen LogP contribution in [0.5, 0.6) is 0 Å². The van der Waals surface area contributed by atoms with E-state index in [1.54, 1.807) is 0 Å². The number of benzene rings is 1. The van der Waals surface area contributed by atoms with Gasteiger partial charge < -0.3 is 5.11 Å². The predicted octanol–water partition coefficient (Wildman–Crippen LogP) is 3.05. The summed E-state index contributed by atoms with van der Waals surface area (Å²) in [4.78, 5) is 10.2. The molecule has 0 saturated carbocycles. The van der Waals surface area contributed by atoms with Gasteiger partial charge in [0.05, 0.1) is 0 Å². The molecule has 0 bridgehead atoms. The first kappa shape index (κ1) is 11.8. The standard InChI is InChI=1S/C9H6ClF3O2/c10-6-1-5(2-7(11)3-6)9(12,13)4-8(14)15/h1-3H,4H2,(H,14,15). The summed E-state index contributed by atoms with van der Waals surface area (Å²) < 4.78 is 39.1. The maximum Gasteiger partial charge on any atom is 0.309 e. The molecule has 0 fully saturated rings. The van der Waals surface area contributed by atoms with Gasteiger partial charge in [0.25, 0.3) is 5.92 Å². The van der Waals surface area contributed by atoms with Gasteiger partial charge in [0.1, 0.15) is 12.2 Å². The van der Waals surface area contributed by atoms with Gasteiger partial charge in [-0.2, -0.15) is 0 Å². The number of carboxylic acid groups (broad SMARTS) is 1. The number of hydrogen-bond acceptors (Lipinski definition) is 1. The third-order valence-corrected chi connectivity index (χ3v) is 1.88. The third-order valence-electron chi connectivity index (χ3n) is 1.66. The van der Waals surface area contributed by atoms with Crippen molar-refractivity contribution in [3.05, 3.63) is 34.6 Å². The largest absolute Gasteiger partial charge is 0.481 e. The van der Waals surface area contributed by atoms with Crippen LogP contribution in [0.1, 0.15) is 12.0 Å². The average molecular weight is 239 g/mol. The van der Waals surface area contributed by atoms with E-state index in [0.717, 1.165) is 12.1 Å². The van der Waals surface area contributed by atoms with Crippen molar-refractivity contribution >= 4 is 17.6 Å². The number of halogens is 4. The van der Waals surface area contributed by atoms with Crippen LogP contribution in [0.25, 0.3) is 0 Å². The second-order valence-electron chi connectivity index (χ2n) is 2.93. The Morgan fingerprint density at radius 1 is 1.40 bits per heavy atom. The zero-order valence-electron chi connectivity index (χ0n) is 7.31. The van der Waals surface area contributed by atoms with Crippen molar-refractivity contribution in [2.45, 2.75) is 12.3 Å². The van der Waals surface area contributed by atoms with Gasteiger partial charge in [-0.1, -0.05) is 11.6 Å². The molecule has 2 nitrogen and oxygen atoms in total. The zero-order chi connectivity index (χ0) is 11.6. The first-order chi connectivity index (χ1) is 6.81. The van der Waals surface area contributed by atoms with Crippen LogP contribution in [0.15, 0.2) is 18.2 Å². The molecule has 0 heterocycles. The van der Waals surface area contributed by atoms with E-state index in [2.05, 4.69) is 0 Å². The highest BCUT2D eigenvalue weighted by atomic mass is 35.5. The number of carbonyl (C=O) groups is 1. The lowest BCUT2D eigenvalue weighted by Crippen LogP contribution is -2.18. The average Bonchev–Trinajstić information content (AvgIpc) is 1.99. The Morgan fingerprint density at radius 2 is 2.00 bits per heavy atom. The number of alkyl halides is 2. The maximum absolute atomic E-state index is 13.2. The first-order valence-electron chi connectivity index (χ1n) is 3.87. The van der Waals surface area contributed by atoms with Gasteiger partial charge >= 0.3 is 5.97 Å². The highest BCUT2D eigenvalue weighted by Gasteiger charge is 2.35. The lowest BCUT2D eigenvalue weighted by molar-refractivity contribution is -0.145. The molecule has 0 radical (unpaired) electrons. The van der Waals surface area contributed by atoms with Crippen LogP contribution >= 0.6 is 11.6 Å². The normalized spacial score (nSPS) is 11.5. The van der Waals surface area contributed by atoms with E-state index in [-0.39, 0.29) is 5.02 Å². The number of carboxylic acids is 1. The molecular formula is C9H6ClF3O2. The molecule has 82 valence electrons. The molecule has 0 aromatic heterocycles. The van der Waals surface area contributed by atoms with Gasteiger partial charge in [0.15, 0.2) is 0 Å². The van der Waals surface area contributed by atoms with Crippen molar-refractivity contribution in [3.8, 4) is 0 Å². The van der Waals surface area contributed by atoms with E-state index in [4.69, 9.17) is 16.7 Å². The Labute approximate surface area is 88.3 Å². The monoisotopic (exact) mass is 238 g/mol. The summed E-state index contributed by atoms with van der Waals surface area (Å²) >= 11 is 5.37. The summed E-state index contributed by atoms with van der Waals surface area (Å²) in [5.74, 6) is -6.22. The molecule has 0 aliphatic carbocycles. The molecule has 0 saturated heterocycles. The minimum Gasteiger partial charge on any atom is -0.481 e. The molecule has 0 spiro atoms. The molecule has 15 heavy (non-hydrogen) atoms. The van der Waals surface area contributed by atoms with Crippen LogP contribution in [0, 0.1) is 5.82 Å². The molecule has 1 aromatic rings. The van der Waals surface area contributed by atoms with Crippen molar-refractivity contribution < 1.29 is 23.1 Å². The fourth-order valence-corrected chi connectivity index (χ4v) is 1.28. The molecule has 1 aromatic carbocycles. The van der Waals surface area contributed by atoms with Crippen molar-refractivity contribution in [3.63, 3.8) is 0 Å². The molecular weight excluding hydrogens is 233 g/mol. The highest BCUT2D eigenvalue weighted by Crippen LogP contribution is 2.33. The van der Waals surface area contributed by atoms with Gasteiger partial charge in [-0.25, -0.2) is 13.2 Å². The van der Waals surface area contributed by atoms with Crippen LogP contribution < -0.4 is 0 Å². The molecule has 0 aliphatic heterocycles. The minimum atomic E-state index is -3.63. The number of rotatable bonds is 3. The van der Waals surface area contributed by atoms with Crippen LogP contribution in [0.4, 0.5) is 13.2 Å². The van der Waals surface area contributed by atoms with Gasteiger partial charge in [-0.3, -0.25) is 4.79 Å². The number of aliphatic carboxylic acids is 1. The van der Waals surface area contributed by atoms with E-state index in [1.165, 1.54) is 0 Å². The summed E-state index contributed by atoms with van der Waals surface area (Å²) in [6.45, 7) is 0. The van der Waals surface area contributed by atoms with E-state index in [1.807, 2.05) is 0 Å². The number of hydrogen-bond donors (Lipinski definition) is 1. The second kappa shape index (κ2) is 4.10. The van der Waals surface area contributed by atoms with Crippen LogP contribution in [0.3, 0.4) is 0 Å². The Hall–Kier alpha value is -1.23. The lowest BCUT2D eigenvalue weighted by Gasteiger charge is -2.14. The van der Waals surface area contributed by atoms with E-state index in [9.17, 15) is 18.0 Å². The minimum absolute atomic E-state index is 0.199. The topological polar surface area (TPSA) is 37.3 Å². The molecule has 0 aliphatic rings. The summed E-state index contributed by atoms with van der Waals surface area (Å²) in [6.07, 6.45) is -1.40. The van der Waals surface area contributed by atoms with Crippen molar-refractivity contribution in [2.75, 3.05) is 0 Å². The molecule has 0 atom stereocenters. The van der Waals surface area contributed by atoms with Gasteiger partial charge in [-0.15, -0.1) is 0 Å². The Bertz CT molecular complexity index is 373. The van der Waals surface area contributed by atoms with Crippen molar-refractivity contribution in [1.82, 2.24) is 0 Å². The molecule has 0 unspecified atom stereocenters. The second-order valence-corrected chi connectivity index (χ2v) is 3.37. The zero-order valence-corrected chi connectivity index (χ0v) is 8.06. The van der Waals surface area contributed by atoms with Crippen LogP contribution in [-0.2, 0) is 10.7 Å². The lowest BCUT2D eigenvalue weighted by atomic mass is 10.1. The predicted molar refractivity (Wildman–Crippen MR) is 47.6 cm³/mol. The fourth-order valence-electron chi connectivity index (χ4n) is 1.06. The smallest absolute Gasteiger partial charge is 0.309 e. The van der Waals surface area contributed by atoms with Crippen molar-refractivity contribution in [1.29, 1.82) is 0 Å². The fraction of sp³-hybridized carbons (Fsp3) is 0.222. The van der Waals surface area contributed by atoms with Crippen LogP contribution in [-0.4, -0.2) is 11.1 Å². The van der Waals surface area contributed by atoms with E-state index in [0.29, 0.717) is 6.07 Å². The quantitative estimate of drug-likeness (QED) is 0.879. The molecule has 6 heteroatoms. The highest BCUT2D eigenvalue weighted by molar-refractivity contribution is 6.30. The Kier molecular flexibility index (Phi) is 3.24. The Morgan fingerprint density at radius 3 is 2.47 bits per heavy atom. The van der Waals surface area contributed by atoms with Crippen molar-refractivity contribution in [2.24, 2.45) is 0 Å². The van der Waals surface area contributed by atoms with Gasteiger partial charge in [0, 0.05) is 10.6 Å². The third kappa shape index (κ3) is 3.13. The summed E-state index contributed by atoms with van der Waals surface area (Å²) in [7, 11) is 0. The van der Waals surface area contributed by atoms with Gasteiger partial charge in [0.2, 0.25) is 0 Å². The molecule has 0 amide bonds. The van der Waals surface area contributed by atoms with E-state index < -0.39 is 29.7 Å². The SMILES string of the molecule is O=C(O)CC(F)(F)c1cc(F)cc(Cl)c1. The molecule has 1 rings (SSSR count). The summed E-state index contributed by atoms with van der Waals surface area (Å²) in [5.41, 5.74) is -0.741. The maximum atomic E-state index is 13.2. The molecule has 1 N–H and O–H groups in total. The van der Waals surface area contributed by atoms with E-state index >= 15 is 0 Å². The first-order valence-corrected chi connectivity index (χ1v) is 4.25. The Balaban J connectivity index is 3.08.